The summed E-state index contributed by atoms with van der Waals surface area (Å²) in [6.07, 6.45) is 0. The molecule has 1 aromatic carbocycles. The minimum atomic E-state index is -3.27. The molecule has 4 nitrogen and oxygen atoms in total. The third kappa shape index (κ3) is 3.20. The fourth-order valence-corrected chi connectivity index (χ4v) is 2.76. The van der Waals surface area contributed by atoms with E-state index in [0.29, 0.717) is 10.6 Å². The normalized spacial score (nSPS) is 11.8. The molecule has 1 aromatic rings. The Labute approximate surface area is 103 Å². The number of hydrogen-bond donors (Lipinski definition) is 1. The second-order valence-electron chi connectivity index (χ2n) is 4.17. The number of rotatable bonds is 5. The maximum atomic E-state index is 11.9. The van der Waals surface area contributed by atoms with Gasteiger partial charge in [-0.1, -0.05) is 13.8 Å². The summed E-state index contributed by atoms with van der Waals surface area (Å²) in [6.45, 7) is 4.12. The Kier molecular flexibility index (Phi) is 4.54. The van der Waals surface area contributed by atoms with Gasteiger partial charge in [-0.2, -0.15) is 0 Å². The van der Waals surface area contributed by atoms with E-state index in [9.17, 15) is 8.42 Å². The van der Waals surface area contributed by atoms with Gasteiger partial charge >= 0.3 is 0 Å². The van der Waals surface area contributed by atoms with Gasteiger partial charge in [-0.25, -0.2) is 8.42 Å². The highest BCUT2D eigenvalue weighted by atomic mass is 32.2. The monoisotopic (exact) mass is 257 g/mol. The third-order valence-corrected chi connectivity index (χ3v) is 4.31. The number of hydrogen-bond acceptors (Lipinski definition) is 4. The van der Waals surface area contributed by atoms with Crippen LogP contribution in [0.15, 0.2) is 23.1 Å². The van der Waals surface area contributed by atoms with Crippen molar-refractivity contribution in [3.63, 3.8) is 0 Å². The van der Waals surface area contributed by atoms with E-state index in [0.717, 1.165) is 5.56 Å². The van der Waals surface area contributed by atoms with Crippen LogP contribution in [-0.2, 0) is 9.84 Å². The molecule has 0 radical (unpaired) electrons. The lowest BCUT2D eigenvalue weighted by Crippen LogP contribution is -2.16. The molecular formula is C12H19NO3S. The quantitative estimate of drug-likeness (QED) is 0.869. The second kappa shape index (κ2) is 5.51. The summed E-state index contributed by atoms with van der Waals surface area (Å²) in [5.74, 6) is 0.890. The average molecular weight is 257 g/mol. The first kappa shape index (κ1) is 14.0. The highest BCUT2D eigenvalue weighted by molar-refractivity contribution is 7.91. The van der Waals surface area contributed by atoms with Crippen LogP contribution >= 0.6 is 0 Å². The molecule has 96 valence electrons. The van der Waals surface area contributed by atoms with Crippen LogP contribution in [0.3, 0.4) is 0 Å². The zero-order chi connectivity index (χ0) is 13.1. The molecule has 0 aromatic heterocycles. The molecule has 2 N–H and O–H groups in total. The molecular weight excluding hydrogens is 238 g/mol. The van der Waals surface area contributed by atoms with Crippen molar-refractivity contribution < 1.29 is 13.2 Å². The molecule has 0 heterocycles. The van der Waals surface area contributed by atoms with Gasteiger partial charge in [-0.3, -0.25) is 0 Å². The van der Waals surface area contributed by atoms with Crippen molar-refractivity contribution in [3.05, 3.63) is 23.8 Å². The molecule has 0 amide bonds. The number of sulfone groups is 1. The van der Waals surface area contributed by atoms with Gasteiger partial charge in [0.25, 0.3) is 0 Å². The highest BCUT2D eigenvalue weighted by Gasteiger charge is 2.16. The lowest BCUT2D eigenvalue weighted by molar-refractivity contribution is 0.407. The summed E-state index contributed by atoms with van der Waals surface area (Å²) in [5, 5.41) is 0. The van der Waals surface area contributed by atoms with E-state index in [1.54, 1.807) is 25.3 Å². The first-order chi connectivity index (χ1) is 7.92. The van der Waals surface area contributed by atoms with E-state index >= 15 is 0 Å². The SMILES string of the molecule is COc1ccc(S(=O)(=O)CCN)cc1C(C)C. The number of ether oxygens (including phenoxy) is 1. The Hall–Kier alpha value is -1.07. The molecule has 0 saturated heterocycles. The van der Waals surface area contributed by atoms with Crippen LogP contribution in [0.25, 0.3) is 0 Å². The summed E-state index contributed by atoms with van der Waals surface area (Å²) in [6, 6.07) is 4.93. The summed E-state index contributed by atoms with van der Waals surface area (Å²) >= 11 is 0. The van der Waals surface area contributed by atoms with Crippen LogP contribution in [0.4, 0.5) is 0 Å². The van der Waals surface area contributed by atoms with Crippen molar-refractivity contribution in [1.29, 1.82) is 0 Å². The Balaban J connectivity index is 3.26. The van der Waals surface area contributed by atoms with Crippen LogP contribution in [0.2, 0.25) is 0 Å². The van der Waals surface area contributed by atoms with Crippen LogP contribution in [-0.4, -0.2) is 27.8 Å². The first-order valence-corrected chi connectivity index (χ1v) is 7.18. The van der Waals surface area contributed by atoms with Gasteiger partial charge in [-0.05, 0) is 29.7 Å². The smallest absolute Gasteiger partial charge is 0.179 e. The van der Waals surface area contributed by atoms with Gasteiger partial charge in [0, 0.05) is 6.54 Å². The summed E-state index contributed by atoms with van der Waals surface area (Å²) in [5.41, 5.74) is 6.20. The summed E-state index contributed by atoms with van der Waals surface area (Å²) < 4.78 is 29.0. The number of benzene rings is 1. The predicted octanol–water partition coefficient (Wildman–Crippen LogP) is 1.55. The largest absolute Gasteiger partial charge is 0.496 e. The molecule has 0 saturated carbocycles. The molecule has 5 heteroatoms. The zero-order valence-electron chi connectivity index (χ0n) is 10.4. The van der Waals surface area contributed by atoms with E-state index in [4.69, 9.17) is 10.5 Å². The fourth-order valence-electron chi connectivity index (χ4n) is 1.63. The number of methoxy groups -OCH3 is 1. The van der Waals surface area contributed by atoms with Gasteiger partial charge in [0.15, 0.2) is 9.84 Å². The van der Waals surface area contributed by atoms with Crippen LogP contribution < -0.4 is 10.5 Å². The van der Waals surface area contributed by atoms with Crippen LogP contribution in [0.1, 0.15) is 25.3 Å². The molecule has 0 unspecified atom stereocenters. The molecule has 0 aliphatic rings. The minimum Gasteiger partial charge on any atom is -0.496 e. The molecule has 0 spiro atoms. The van der Waals surface area contributed by atoms with Crippen molar-refractivity contribution in [3.8, 4) is 5.75 Å². The fraction of sp³-hybridized carbons (Fsp3) is 0.500. The van der Waals surface area contributed by atoms with Crippen molar-refractivity contribution in [2.45, 2.75) is 24.7 Å². The second-order valence-corrected chi connectivity index (χ2v) is 6.28. The predicted molar refractivity (Wildman–Crippen MR) is 68.2 cm³/mol. The van der Waals surface area contributed by atoms with Gasteiger partial charge in [0.2, 0.25) is 0 Å². The Morgan fingerprint density at radius 3 is 2.47 bits per heavy atom. The summed E-state index contributed by atoms with van der Waals surface area (Å²) in [7, 11) is -1.69. The van der Waals surface area contributed by atoms with Gasteiger partial charge in [-0.15, -0.1) is 0 Å². The van der Waals surface area contributed by atoms with E-state index in [1.165, 1.54) is 0 Å². The van der Waals surface area contributed by atoms with Crippen LogP contribution in [0.5, 0.6) is 5.75 Å². The van der Waals surface area contributed by atoms with Gasteiger partial charge in [0.1, 0.15) is 5.75 Å². The topological polar surface area (TPSA) is 69.4 Å². The van der Waals surface area contributed by atoms with Crippen molar-refractivity contribution in [2.75, 3.05) is 19.4 Å². The Morgan fingerprint density at radius 1 is 1.35 bits per heavy atom. The minimum absolute atomic E-state index is 0.0309. The first-order valence-electron chi connectivity index (χ1n) is 5.53. The van der Waals surface area contributed by atoms with Crippen molar-refractivity contribution >= 4 is 9.84 Å². The van der Waals surface area contributed by atoms with Crippen molar-refractivity contribution in [1.82, 2.24) is 0 Å². The summed E-state index contributed by atoms with van der Waals surface area (Å²) in [4.78, 5) is 0.312. The molecule has 0 aliphatic carbocycles. The molecule has 17 heavy (non-hydrogen) atoms. The van der Waals surface area contributed by atoms with E-state index < -0.39 is 9.84 Å². The standard InChI is InChI=1S/C12H19NO3S/c1-9(2)11-8-10(4-5-12(11)16-3)17(14,15)7-6-13/h4-5,8-9H,6-7,13H2,1-3H3. The average Bonchev–Trinajstić information content (AvgIpc) is 2.28. The number of nitrogens with two attached hydrogens (primary N) is 1. The molecule has 0 bridgehead atoms. The molecule has 0 aliphatic heterocycles. The maximum absolute atomic E-state index is 11.9. The third-order valence-electron chi connectivity index (χ3n) is 2.57. The van der Waals surface area contributed by atoms with Crippen molar-refractivity contribution in [2.24, 2.45) is 5.73 Å². The van der Waals surface area contributed by atoms with E-state index in [1.807, 2.05) is 13.8 Å². The molecule has 1 rings (SSSR count). The highest BCUT2D eigenvalue weighted by Crippen LogP contribution is 2.29. The lowest BCUT2D eigenvalue weighted by atomic mass is 10.0. The Bertz CT molecular complexity index is 481. The van der Waals surface area contributed by atoms with Gasteiger partial charge < -0.3 is 10.5 Å². The van der Waals surface area contributed by atoms with Crippen LogP contribution in [0, 0.1) is 0 Å². The van der Waals surface area contributed by atoms with Gasteiger partial charge in [0.05, 0.1) is 17.8 Å². The molecule has 0 atom stereocenters. The Morgan fingerprint density at radius 2 is 2.00 bits per heavy atom. The molecule has 0 fully saturated rings. The van der Waals surface area contributed by atoms with E-state index in [2.05, 4.69) is 0 Å². The zero-order valence-corrected chi connectivity index (χ0v) is 11.3. The lowest BCUT2D eigenvalue weighted by Gasteiger charge is -2.13. The van der Waals surface area contributed by atoms with E-state index in [-0.39, 0.29) is 18.2 Å². The maximum Gasteiger partial charge on any atom is 0.179 e.